The average Bonchev–Trinajstić information content (AvgIpc) is 2.35. The van der Waals surface area contributed by atoms with E-state index in [0.717, 1.165) is 0 Å². The second-order valence-electron chi connectivity index (χ2n) is 3.70. The van der Waals surface area contributed by atoms with Crippen molar-refractivity contribution in [3.05, 3.63) is 39.9 Å². The van der Waals surface area contributed by atoms with Gasteiger partial charge in [-0.1, -0.05) is 0 Å². The molecule has 0 aliphatic carbocycles. The summed E-state index contributed by atoms with van der Waals surface area (Å²) in [5, 5.41) is 16.2. The van der Waals surface area contributed by atoms with Gasteiger partial charge in [-0.3, -0.25) is 14.9 Å². The fourth-order valence-electron chi connectivity index (χ4n) is 1.18. The van der Waals surface area contributed by atoms with Crippen LogP contribution in [0, 0.1) is 10.1 Å². The Kier molecular flexibility index (Phi) is 6.92. The molecule has 0 heterocycles. The van der Waals surface area contributed by atoms with Crippen LogP contribution in [0.5, 0.6) is 0 Å². The molecule has 0 aromatic heterocycles. The van der Waals surface area contributed by atoms with Crippen molar-refractivity contribution in [3.8, 4) is 0 Å². The fraction of sp³-hybridized carbons (Fsp3) is 0.364. The number of hydrogen-bond acceptors (Lipinski definition) is 4. The van der Waals surface area contributed by atoms with E-state index in [2.05, 4.69) is 10.6 Å². The number of nitrogens with zero attached hydrogens (tertiary/aromatic N) is 1. The SMILES string of the molecule is CNC(C)CNC(=O)c1ccc([N+](=O)[O-])cc1.Cl. The molecule has 18 heavy (non-hydrogen) atoms. The molecule has 1 atom stereocenters. The van der Waals surface area contributed by atoms with Crippen molar-refractivity contribution in [2.45, 2.75) is 13.0 Å². The van der Waals surface area contributed by atoms with Crippen molar-refractivity contribution in [2.24, 2.45) is 0 Å². The zero-order valence-corrected chi connectivity index (χ0v) is 11.0. The van der Waals surface area contributed by atoms with Gasteiger partial charge in [0.1, 0.15) is 0 Å². The first-order valence-electron chi connectivity index (χ1n) is 5.24. The van der Waals surface area contributed by atoms with Crippen LogP contribution in [0.25, 0.3) is 0 Å². The molecular formula is C11H16ClN3O3. The zero-order chi connectivity index (χ0) is 12.8. The molecule has 0 saturated carbocycles. The predicted octanol–water partition coefficient (Wildman–Crippen LogP) is 1.35. The summed E-state index contributed by atoms with van der Waals surface area (Å²) in [7, 11) is 1.81. The van der Waals surface area contributed by atoms with Crippen LogP contribution in [0.2, 0.25) is 0 Å². The predicted molar refractivity (Wildman–Crippen MR) is 71.2 cm³/mol. The van der Waals surface area contributed by atoms with Crippen molar-refractivity contribution in [2.75, 3.05) is 13.6 Å². The van der Waals surface area contributed by atoms with E-state index in [0.29, 0.717) is 12.1 Å². The van der Waals surface area contributed by atoms with Gasteiger partial charge in [-0.25, -0.2) is 0 Å². The maximum Gasteiger partial charge on any atom is 0.269 e. The van der Waals surface area contributed by atoms with Crippen LogP contribution in [0.15, 0.2) is 24.3 Å². The first-order valence-corrected chi connectivity index (χ1v) is 5.24. The monoisotopic (exact) mass is 273 g/mol. The summed E-state index contributed by atoms with van der Waals surface area (Å²) in [5.74, 6) is -0.234. The molecular weight excluding hydrogens is 258 g/mol. The van der Waals surface area contributed by atoms with Crippen molar-refractivity contribution in [1.82, 2.24) is 10.6 Å². The minimum atomic E-state index is -0.495. The number of hydrogen-bond donors (Lipinski definition) is 2. The Balaban J connectivity index is 0.00000289. The van der Waals surface area contributed by atoms with Crippen molar-refractivity contribution < 1.29 is 9.72 Å². The number of amides is 1. The summed E-state index contributed by atoms with van der Waals surface area (Å²) in [4.78, 5) is 21.6. The van der Waals surface area contributed by atoms with Crippen LogP contribution in [-0.4, -0.2) is 30.5 Å². The van der Waals surface area contributed by atoms with Crippen LogP contribution in [0.1, 0.15) is 17.3 Å². The number of nitrogens with one attached hydrogen (secondary N) is 2. The third-order valence-electron chi connectivity index (χ3n) is 2.40. The minimum absolute atomic E-state index is 0. The number of benzene rings is 1. The molecule has 1 amide bonds. The molecule has 6 nitrogen and oxygen atoms in total. The van der Waals surface area contributed by atoms with Crippen molar-refractivity contribution in [1.29, 1.82) is 0 Å². The van der Waals surface area contributed by atoms with E-state index in [-0.39, 0.29) is 30.0 Å². The molecule has 0 fully saturated rings. The Morgan fingerprint density at radius 3 is 2.39 bits per heavy atom. The van der Waals surface area contributed by atoms with Gasteiger partial charge < -0.3 is 10.6 Å². The summed E-state index contributed by atoms with van der Waals surface area (Å²) in [6, 6.07) is 5.69. The number of nitro benzene ring substituents is 1. The normalized spacial score (nSPS) is 11.2. The molecule has 0 aliphatic heterocycles. The number of carbonyl (C=O) groups excluding carboxylic acids is 1. The lowest BCUT2D eigenvalue weighted by Crippen LogP contribution is -2.37. The summed E-state index contributed by atoms with van der Waals surface area (Å²) >= 11 is 0. The summed E-state index contributed by atoms with van der Waals surface area (Å²) < 4.78 is 0. The maximum absolute atomic E-state index is 11.6. The van der Waals surface area contributed by atoms with Gasteiger partial charge in [0, 0.05) is 30.3 Å². The topological polar surface area (TPSA) is 84.3 Å². The molecule has 1 rings (SSSR count). The molecule has 2 N–H and O–H groups in total. The van der Waals surface area contributed by atoms with E-state index in [1.54, 1.807) is 0 Å². The van der Waals surface area contributed by atoms with Crippen LogP contribution in [0.3, 0.4) is 0 Å². The lowest BCUT2D eigenvalue weighted by Gasteiger charge is -2.11. The van der Waals surface area contributed by atoms with E-state index in [9.17, 15) is 14.9 Å². The highest BCUT2D eigenvalue weighted by molar-refractivity contribution is 5.94. The number of non-ortho nitro benzene ring substituents is 1. The highest BCUT2D eigenvalue weighted by Crippen LogP contribution is 2.11. The van der Waals surface area contributed by atoms with Crippen LogP contribution >= 0.6 is 12.4 Å². The van der Waals surface area contributed by atoms with Gasteiger partial charge in [0.2, 0.25) is 0 Å². The van der Waals surface area contributed by atoms with Crippen LogP contribution < -0.4 is 10.6 Å². The van der Waals surface area contributed by atoms with Gasteiger partial charge in [-0.15, -0.1) is 12.4 Å². The smallest absolute Gasteiger partial charge is 0.269 e. The largest absolute Gasteiger partial charge is 0.350 e. The molecule has 0 saturated heterocycles. The van der Waals surface area contributed by atoms with Gasteiger partial charge in [0.05, 0.1) is 4.92 Å². The summed E-state index contributed by atoms with van der Waals surface area (Å²) in [6.07, 6.45) is 0. The van der Waals surface area contributed by atoms with Crippen LogP contribution in [0.4, 0.5) is 5.69 Å². The Morgan fingerprint density at radius 2 is 1.94 bits per heavy atom. The number of halogens is 1. The summed E-state index contributed by atoms with van der Waals surface area (Å²) in [6.45, 7) is 2.45. The lowest BCUT2D eigenvalue weighted by molar-refractivity contribution is -0.384. The van der Waals surface area contributed by atoms with Gasteiger partial charge in [-0.2, -0.15) is 0 Å². The molecule has 1 aromatic carbocycles. The Bertz CT molecular complexity index is 408. The average molecular weight is 274 g/mol. The standard InChI is InChI=1S/C11H15N3O3.ClH/c1-8(12-2)7-13-11(15)9-3-5-10(6-4-9)14(16)17;/h3-6,8,12H,7H2,1-2H3,(H,13,15);1H. The second-order valence-corrected chi connectivity index (χ2v) is 3.70. The van der Waals surface area contributed by atoms with E-state index in [1.807, 2.05) is 14.0 Å². The molecule has 0 aliphatic rings. The summed E-state index contributed by atoms with van der Waals surface area (Å²) in [5.41, 5.74) is 0.393. The number of likely N-dealkylation sites (N-methyl/N-ethyl adjacent to an activating group) is 1. The highest BCUT2D eigenvalue weighted by Gasteiger charge is 2.09. The van der Waals surface area contributed by atoms with Crippen molar-refractivity contribution >= 4 is 24.0 Å². The Labute approximate surface area is 111 Å². The number of nitro groups is 1. The van der Waals surface area contributed by atoms with Gasteiger partial charge in [0.25, 0.3) is 11.6 Å². The lowest BCUT2D eigenvalue weighted by atomic mass is 10.2. The zero-order valence-electron chi connectivity index (χ0n) is 10.2. The Hall–Kier alpha value is -1.66. The van der Waals surface area contributed by atoms with Crippen LogP contribution in [-0.2, 0) is 0 Å². The van der Waals surface area contributed by atoms with E-state index in [4.69, 9.17) is 0 Å². The number of carbonyl (C=O) groups is 1. The third kappa shape index (κ3) is 4.68. The van der Waals surface area contributed by atoms with Gasteiger partial charge >= 0.3 is 0 Å². The molecule has 100 valence electrons. The highest BCUT2D eigenvalue weighted by atomic mass is 35.5. The minimum Gasteiger partial charge on any atom is -0.350 e. The maximum atomic E-state index is 11.6. The molecule has 1 unspecified atom stereocenters. The fourth-order valence-corrected chi connectivity index (χ4v) is 1.18. The molecule has 7 heteroatoms. The van der Waals surface area contributed by atoms with E-state index in [1.165, 1.54) is 24.3 Å². The molecule has 0 bridgehead atoms. The van der Waals surface area contributed by atoms with Crippen molar-refractivity contribution in [3.63, 3.8) is 0 Å². The van der Waals surface area contributed by atoms with Gasteiger partial charge in [0.15, 0.2) is 0 Å². The Morgan fingerprint density at radius 1 is 1.39 bits per heavy atom. The molecule has 0 spiro atoms. The molecule has 0 radical (unpaired) electrons. The number of rotatable bonds is 5. The first kappa shape index (κ1) is 16.3. The van der Waals surface area contributed by atoms with E-state index >= 15 is 0 Å². The third-order valence-corrected chi connectivity index (χ3v) is 2.40. The quantitative estimate of drug-likeness (QED) is 0.627. The first-order chi connectivity index (χ1) is 8.04. The van der Waals surface area contributed by atoms with Gasteiger partial charge in [-0.05, 0) is 26.1 Å². The molecule has 1 aromatic rings. The second kappa shape index (κ2) is 7.62. The van der Waals surface area contributed by atoms with E-state index < -0.39 is 4.92 Å².